The minimum absolute atomic E-state index is 0.142. The van der Waals surface area contributed by atoms with Gasteiger partial charge in [-0.15, -0.1) is 0 Å². The molecule has 1 aromatic carbocycles. The van der Waals surface area contributed by atoms with E-state index in [0.29, 0.717) is 16.9 Å². The number of hydrogen-bond acceptors (Lipinski definition) is 5. The minimum Gasteiger partial charge on any atom is -0.479 e. The van der Waals surface area contributed by atoms with Crippen LogP contribution in [0.3, 0.4) is 0 Å². The van der Waals surface area contributed by atoms with E-state index in [1.54, 1.807) is 18.2 Å². The molecule has 0 spiro atoms. The van der Waals surface area contributed by atoms with Gasteiger partial charge in [0.15, 0.2) is 6.10 Å². The Balaban J connectivity index is 1.86. The monoisotopic (exact) mass is 332 g/mol. The summed E-state index contributed by atoms with van der Waals surface area (Å²) in [7, 11) is 0. The highest BCUT2D eigenvalue weighted by Gasteiger charge is 2.40. The molecule has 1 aromatic rings. The van der Waals surface area contributed by atoms with Crippen molar-refractivity contribution < 1.29 is 29.0 Å². The van der Waals surface area contributed by atoms with Crippen molar-refractivity contribution >= 4 is 23.7 Å². The first-order chi connectivity index (χ1) is 11.4. The third-order valence-electron chi connectivity index (χ3n) is 4.19. The number of aliphatic carboxylic acids is 1. The van der Waals surface area contributed by atoms with Crippen LogP contribution in [-0.2, 0) is 20.9 Å². The molecular weight excluding hydrogens is 316 g/mol. The Morgan fingerprint density at radius 3 is 2.79 bits per heavy atom. The molecule has 8 nitrogen and oxygen atoms in total. The molecular formula is C16H16N2O6. The van der Waals surface area contributed by atoms with Gasteiger partial charge in [0.25, 0.3) is 5.91 Å². The lowest BCUT2D eigenvalue weighted by Gasteiger charge is -2.29. The largest absolute Gasteiger partial charge is 0.479 e. The Hall–Kier alpha value is -2.90. The van der Waals surface area contributed by atoms with Crippen LogP contribution in [0.1, 0.15) is 35.7 Å². The minimum atomic E-state index is -1.11. The van der Waals surface area contributed by atoms with Crippen molar-refractivity contribution in [2.24, 2.45) is 0 Å². The molecule has 2 aliphatic heterocycles. The Labute approximate surface area is 137 Å². The maximum atomic E-state index is 12.6. The number of benzene rings is 1. The fourth-order valence-corrected chi connectivity index (χ4v) is 2.91. The zero-order valence-electron chi connectivity index (χ0n) is 12.9. The number of carboxylic acids is 1. The van der Waals surface area contributed by atoms with Gasteiger partial charge in [-0.2, -0.15) is 0 Å². The third-order valence-corrected chi connectivity index (χ3v) is 4.19. The van der Waals surface area contributed by atoms with Gasteiger partial charge < -0.3 is 14.7 Å². The van der Waals surface area contributed by atoms with Crippen molar-refractivity contribution in [1.29, 1.82) is 0 Å². The van der Waals surface area contributed by atoms with Gasteiger partial charge in [-0.05, 0) is 25.5 Å². The van der Waals surface area contributed by atoms with Crippen LogP contribution in [-0.4, -0.2) is 45.8 Å². The molecule has 0 aromatic heterocycles. The predicted molar refractivity (Wildman–Crippen MR) is 80.2 cm³/mol. The molecule has 0 bridgehead atoms. The summed E-state index contributed by atoms with van der Waals surface area (Å²) < 4.78 is 5.41. The van der Waals surface area contributed by atoms with E-state index in [1.165, 1.54) is 11.8 Å². The first-order valence-corrected chi connectivity index (χ1v) is 7.54. The topological polar surface area (TPSA) is 113 Å². The first-order valence-electron chi connectivity index (χ1n) is 7.54. The molecule has 0 aliphatic carbocycles. The van der Waals surface area contributed by atoms with Crippen molar-refractivity contribution in [2.75, 3.05) is 0 Å². The summed E-state index contributed by atoms with van der Waals surface area (Å²) in [5, 5.41) is 11.2. The second-order valence-corrected chi connectivity index (χ2v) is 5.78. The number of piperidine rings is 1. The van der Waals surface area contributed by atoms with Gasteiger partial charge in [0, 0.05) is 17.5 Å². The number of imide groups is 1. The van der Waals surface area contributed by atoms with Gasteiger partial charge in [0.05, 0.1) is 6.54 Å². The molecule has 2 heterocycles. The lowest BCUT2D eigenvalue weighted by Crippen LogP contribution is -2.52. The summed E-state index contributed by atoms with van der Waals surface area (Å²) in [4.78, 5) is 48.2. The lowest BCUT2D eigenvalue weighted by molar-refractivity contribution is -0.144. The number of hydrogen-bond donors (Lipinski definition) is 2. The highest BCUT2D eigenvalue weighted by Crippen LogP contribution is 2.33. The van der Waals surface area contributed by atoms with Crippen molar-refractivity contribution in [3.8, 4) is 5.75 Å². The van der Waals surface area contributed by atoms with Crippen molar-refractivity contribution in [2.45, 2.75) is 38.5 Å². The van der Waals surface area contributed by atoms with E-state index < -0.39 is 24.0 Å². The van der Waals surface area contributed by atoms with E-state index in [-0.39, 0.29) is 31.2 Å². The van der Waals surface area contributed by atoms with E-state index in [1.807, 2.05) is 0 Å². The number of carbonyl (C=O) groups excluding carboxylic acids is 3. The van der Waals surface area contributed by atoms with Crippen LogP contribution in [0, 0.1) is 0 Å². The lowest BCUT2D eigenvalue weighted by atomic mass is 10.0. The van der Waals surface area contributed by atoms with Gasteiger partial charge in [0.1, 0.15) is 11.8 Å². The van der Waals surface area contributed by atoms with Gasteiger partial charge >= 0.3 is 5.97 Å². The van der Waals surface area contributed by atoms with Crippen LogP contribution in [0.5, 0.6) is 5.75 Å². The summed E-state index contributed by atoms with van der Waals surface area (Å²) >= 11 is 0. The Kier molecular flexibility index (Phi) is 3.96. The van der Waals surface area contributed by atoms with Crippen LogP contribution in [0.15, 0.2) is 18.2 Å². The summed E-state index contributed by atoms with van der Waals surface area (Å²) in [5.74, 6) is -1.97. The average molecular weight is 332 g/mol. The average Bonchev–Trinajstić information content (AvgIpc) is 2.85. The summed E-state index contributed by atoms with van der Waals surface area (Å²) in [6.45, 7) is 1.54. The van der Waals surface area contributed by atoms with Crippen molar-refractivity contribution in [3.63, 3.8) is 0 Å². The SMILES string of the molecule is C[C@@H](Oc1cccc2c1CN([C@H]1CCC(=O)NC1=O)C2=O)C(=O)O. The molecule has 126 valence electrons. The highest BCUT2D eigenvalue weighted by atomic mass is 16.5. The molecule has 2 N–H and O–H groups in total. The van der Waals surface area contributed by atoms with Gasteiger partial charge in [-0.25, -0.2) is 4.79 Å². The predicted octanol–water partition coefficient (Wildman–Crippen LogP) is 0.299. The standard InChI is InChI=1S/C16H16N2O6/c1-8(16(22)23)24-12-4-2-3-9-10(12)7-18(15(9)21)11-5-6-13(19)17-14(11)20/h2-4,8,11H,5-7H2,1H3,(H,22,23)(H,17,19,20)/t8-,11+/m1/s1. The van der Waals surface area contributed by atoms with E-state index in [4.69, 9.17) is 9.84 Å². The number of amides is 3. The van der Waals surface area contributed by atoms with Crippen LogP contribution >= 0.6 is 0 Å². The van der Waals surface area contributed by atoms with Gasteiger partial charge in [0.2, 0.25) is 11.8 Å². The molecule has 3 amide bonds. The summed E-state index contributed by atoms with van der Waals surface area (Å²) in [6, 6.07) is 4.10. The van der Waals surface area contributed by atoms with Crippen molar-refractivity contribution in [1.82, 2.24) is 10.2 Å². The fourth-order valence-electron chi connectivity index (χ4n) is 2.91. The van der Waals surface area contributed by atoms with Crippen LogP contribution in [0.25, 0.3) is 0 Å². The van der Waals surface area contributed by atoms with E-state index in [2.05, 4.69) is 5.32 Å². The molecule has 0 saturated carbocycles. The quantitative estimate of drug-likeness (QED) is 0.767. The zero-order chi connectivity index (χ0) is 17.4. The van der Waals surface area contributed by atoms with Gasteiger partial charge in [-0.1, -0.05) is 6.07 Å². The summed E-state index contributed by atoms with van der Waals surface area (Å²) in [6.07, 6.45) is -0.613. The number of ether oxygens (including phenoxy) is 1. The molecule has 1 fully saturated rings. The highest BCUT2D eigenvalue weighted by molar-refractivity contribution is 6.05. The number of nitrogens with one attached hydrogen (secondary N) is 1. The molecule has 0 radical (unpaired) electrons. The molecule has 2 aliphatic rings. The van der Waals surface area contributed by atoms with E-state index in [0.717, 1.165) is 0 Å². The van der Waals surface area contributed by atoms with E-state index in [9.17, 15) is 19.2 Å². The molecule has 8 heteroatoms. The normalized spacial score (nSPS) is 21.3. The number of carboxylic acid groups (broad SMARTS) is 1. The van der Waals surface area contributed by atoms with Crippen LogP contribution in [0.2, 0.25) is 0 Å². The maximum Gasteiger partial charge on any atom is 0.344 e. The third kappa shape index (κ3) is 2.70. The molecule has 24 heavy (non-hydrogen) atoms. The second kappa shape index (κ2) is 5.95. The zero-order valence-corrected chi connectivity index (χ0v) is 12.9. The smallest absolute Gasteiger partial charge is 0.344 e. The van der Waals surface area contributed by atoms with Crippen molar-refractivity contribution in [3.05, 3.63) is 29.3 Å². The Morgan fingerprint density at radius 1 is 1.38 bits per heavy atom. The fraction of sp³-hybridized carbons (Fsp3) is 0.375. The van der Waals surface area contributed by atoms with E-state index >= 15 is 0 Å². The van der Waals surface area contributed by atoms with Crippen LogP contribution in [0.4, 0.5) is 0 Å². The molecule has 3 rings (SSSR count). The number of carbonyl (C=O) groups is 4. The first kappa shape index (κ1) is 16.0. The molecule has 0 unspecified atom stereocenters. The summed E-state index contributed by atoms with van der Waals surface area (Å²) in [5.41, 5.74) is 0.940. The Bertz CT molecular complexity index is 744. The number of nitrogens with zero attached hydrogens (tertiary/aromatic N) is 1. The van der Waals surface area contributed by atoms with Crippen LogP contribution < -0.4 is 10.1 Å². The molecule has 1 saturated heterocycles. The van der Waals surface area contributed by atoms with Gasteiger partial charge in [-0.3, -0.25) is 19.7 Å². The Morgan fingerprint density at radius 2 is 2.12 bits per heavy atom. The molecule has 2 atom stereocenters. The maximum absolute atomic E-state index is 12.6. The second-order valence-electron chi connectivity index (χ2n) is 5.78. The number of fused-ring (bicyclic) bond motifs is 1. The number of rotatable bonds is 4.